The van der Waals surface area contributed by atoms with Gasteiger partial charge in [-0.05, 0) is 18.9 Å². The summed E-state index contributed by atoms with van der Waals surface area (Å²) >= 11 is 0. The summed E-state index contributed by atoms with van der Waals surface area (Å²) in [5.41, 5.74) is 1.15. The Morgan fingerprint density at radius 3 is 2.85 bits per heavy atom. The Balaban J connectivity index is 2.00. The van der Waals surface area contributed by atoms with Gasteiger partial charge in [-0.3, -0.25) is 0 Å². The molecule has 2 nitrogen and oxygen atoms in total. The molecule has 1 aromatic carbocycles. The fourth-order valence-electron chi connectivity index (χ4n) is 1.48. The van der Waals surface area contributed by atoms with Crippen molar-refractivity contribution in [3.63, 3.8) is 0 Å². The van der Waals surface area contributed by atoms with Crippen LogP contribution in [-0.2, 0) is 0 Å². The third-order valence-corrected chi connectivity index (χ3v) is 2.32. The predicted octanol–water partition coefficient (Wildman–Crippen LogP) is 2.71. The van der Waals surface area contributed by atoms with Crippen LogP contribution in [0.1, 0.15) is 12.8 Å². The maximum atomic E-state index is 5.65. The summed E-state index contributed by atoms with van der Waals surface area (Å²) in [7, 11) is 0. The highest BCUT2D eigenvalue weighted by Crippen LogP contribution is 2.28. The molecule has 0 radical (unpaired) electrons. The summed E-state index contributed by atoms with van der Waals surface area (Å²) in [5, 5.41) is 1.22. The molecule has 0 aliphatic heterocycles. The summed E-state index contributed by atoms with van der Waals surface area (Å²) in [6, 6.07) is 10.3. The van der Waals surface area contributed by atoms with E-state index in [2.05, 4.69) is 23.2 Å². The van der Waals surface area contributed by atoms with Crippen molar-refractivity contribution in [2.45, 2.75) is 18.9 Å². The summed E-state index contributed by atoms with van der Waals surface area (Å²) in [6.45, 7) is 0. The Morgan fingerprint density at radius 1 is 1.23 bits per heavy atom. The number of nitrogens with one attached hydrogen (secondary N) is 1. The zero-order valence-electron chi connectivity index (χ0n) is 7.29. The fraction of sp³-hybridized carbons (Fsp3) is 0.273. The lowest BCUT2D eigenvalue weighted by atomic mass is 10.3. The molecule has 1 heterocycles. The van der Waals surface area contributed by atoms with Crippen molar-refractivity contribution in [3.05, 3.63) is 30.3 Å². The second kappa shape index (κ2) is 2.52. The van der Waals surface area contributed by atoms with E-state index >= 15 is 0 Å². The first-order valence-electron chi connectivity index (χ1n) is 4.66. The average Bonchev–Trinajstić information content (AvgIpc) is 2.85. The molecule has 1 N–H and O–H groups in total. The molecule has 1 aromatic heterocycles. The summed E-state index contributed by atoms with van der Waals surface area (Å²) < 4.78 is 5.65. The fourth-order valence-corrected chi connectivity index (χ4v) is 1.48. The van der Waals surface area contributed by atoms with Crippen molar-refractivity contribution < 1.29 is 4.74 Å². The molecule has 1 aliphatic rings. The van der Waals surface area contributed by atoms with Gasteiger partial charge in [0.05, 0.1) is 0 Å². The lowest BCUT2D eigenvalue weighted by Crippen LogP contribution is -1.94. The van der Waals surface area contributed by atoms with E-state index in [1.165, 1.54) is 18.2 Å². The van der Waals surface area contributed by atoms with Crippen LogP contribution < -0.4 is 4.74 Å². The van der Waals surface area contributed by atoms with E-state index in [-0.39, 0.29) is 0 Å². The molecule has 0 atom stereocenters. The molecule has 1 fully saturated rings. The van der Waals surface area contributed by atoms with Crippen LogP contribution in [0.15, 0.2) is 30.3 Å². The summed E-state index contributed by atoms with van der Waals surface area (Å²) in [6.07, 6.45) is 2.87. The van der Waals surface area contributed by atoms with Gasteiger partial charge in [-0.25, -0.2) is 0 Å². The Bertz CT molecular complexity index is 395. The van der Waals surface area contributed by atoms with Crippen LogP contribution >= 0.6 is 0 Å². The van der Waals surface area contributed by atoms with E-state index in [0.717, 1.165) is 11.4 Å². The van der Waals surface area contributed by atoms with Gasteiger partial charge in [0.15, 0.2) is 5.88 Å². The molecule has 0 spiro atoms. The SMILES string of the molecule is c1ccc2[nH]c(OC3CC3)cc2c1. The van der Waals surface area contributed by atoms with Gasteiger partial charge in [0.1, 0.15) is 6.10 Å². The highest BCUT2D eigenvalue weighted by molar-refractivity contribution is 5.81. The van der Waals surface area contributed by atoms with Gasteiger partial charge in [0, 0.05) is 17.0 Å². The van der Waals surface area contributed by atoms with Gasteiger partial charge < -0.3 is 9.72 Å². The van der Waals surface area contributed by atoms with Gasteiger partial charge in [-0.1, -0.05) is 18.2 Å². The van der Waals surface area contributed by atoms with E-state index in [4.69, 9.17) is 4.74 Å². The molecule has 1 aliphatic carbocycles. The monoisotopic (exact) mass is 173 g/mol. The van der Waals surface area contributed by atoms with Crippen LogP contribution in [0.4, 0.5) is 0 Å². The number of hydrogen-bond acceptors (Lipinski definition) is 1. The molecule has 0 saturated heterocycles. The highest BCUT2D eigenvalue weighted by Gasteiger charge is 2.23. The average molecular weight is 173 g/mol. The second-order valence-corrected chi connectivity index (χ2v) is 3.54. The number of para-hydroxylation sites is 1. The number of hydrogen-bond donors (Lipinski definition) is 1. The second-order valence-electron chi connectivity index (χ2n) is 3.54. The number of aromatic amines is 1. The minimum atomic E-state index is 0.466. The van der Waals surface area contributed by atoms with E-state index in [0.29, 0.717) is 6.10 Å². The minimum Gasteiger partial charge on any atom is -0.476 e. The van der Waals surface area contributed by atoms with Crippen molar-refractivity contribution in [1.82, 2.24) is 4.98 Å². The van der Waals surface area contributed by atoms with Crippen LogP contribution in [0.2, 0.25) is 0 Å². The molecule has 1 saturated carbocycles. The third-order valence-electron chi connectivity index (χ3n) is 2.32. The lowest BCUT2D eigenvalue weighted by Gasteiger charge is -1.97. The molecule has 0 unspecified atom stereocenters. The number of benzene rings is 1. The standard InChI is InChI=1S/C11H11NO/c1-2-4-10-8(3-1)7-11(12-10)13-9-5-6-9/h1-4,7,9,12H,5-6H2. The van der Waals surface area contributed by atoms with Crippen molar-refractivity contribution >= 4 is 10.9 Å². The quantitative estimate of drug-likeness (QED) is 0.742. The maximum Gasteiger partial charge on any atom is 0.192 e. The van der Waals surface area contributed by atoms with Gasteiger partial charge in [0.25, 0.3) is 0 Å². The van der Waals surface area contributed by atoms with Gasteiger partial charge in [-0.2, -0.15) is 0 Å². The third kappa shape index (κ3) is 1.28. The molecule has 13 heavy (non-hydrogen) atoms. The van der Waals surface area contributed by atoms with E-state index in [1.54, 1.807) is 0 Å². The van der Waals surface area contributed by atoms with E-state index < -0.39 is 0 Å². The molecule has 2 heteroatoms. The number of ether oxygens (including phenoxy) is 1. The Kier molecular flexibility index (Phi) is 1.36. The first-order chi connectivity index (χ1) is 6.42. The summed E-state index contributed by atoms with van der Waals surface area (Å²) in [5.74, 6) is 0.906. The van der Waals surface area contributed by atoms with Gasteiger partial charge in [-0.15, -0.1) is 0 Å². The topological polar surface area (TPSA) is 25.0 Å². The van der Waals surface area contributed by atoms with Crippen molar-refractivity contribution in [1.29, 1.82) is 0 Å². The Labute approximate surface area is 76.5 Å². The Hall–Kier alpha value is -1.44. The van der Waals surface area contributed by atoms with E-state index in [1.807, 2.05) is 12.1 Å². The van der Waals surface area contributed by atoms with Crippen LogP contribution in [-0.4, -0.2) is 11.1 Å². The smallest absolute Gasteiger partial charge is 0.192 e. The van der Waals surface area contributed by atoms with E-state index in [9.17, 15) is 0 Å². The first-order valence-corrected chi connectivity index (χ1v) is 4.66. The highest BCUT2D eigenvalue weighted by atomic mass is 16.5. The lowest BCUT2D eigenvalue weighted by molar-refractivity contribution is 0.293. The largest absolute Gasteiger partial charge is 0.476 e. The maximum absolute atomic E-state index is 5.65. The number of fused-ring (bicyclic) bond motifs is 1. The number of aromatic nitrogens is 1. The molecule has 2 aromatic rings. The molecule has 0 amide bonds. The molecular weight excluding hydrogens is 162 g/mol. The van der Waals surface area contributed by atoms with Crippen LogP contribution in [0.5, 0.6) is 5.88 Å². The van der Waals surface area contributed by atoms with Crippen molar-refractivity contribution in [3.8, 4) is 5.88 Å². The zero-order valence-corrected chi connectivity index (χ0v) is 7.29. The normalized spacial score (nSPS) is 16.3. The predicted molar refractivity (Wildman–Crippen MR) is 51.9 cm³/mol. The van der Waals surface area contributed by atoms with Crippen molar-refractivity contribution in [2.24, 2.45) is 0 Å². The molecule has 66 valence electrons. The van der Waals surface area contributed by atoms with Crippen LogP contribution in [0.3, 0.4) is 0 Å². The van der Waals surface area contributed by atoms with Crippen LogP contribution in [0.25, 0.3) is 10.9 Å². The molecule has 3 rings (SSSR count). The minimum absolute atomic E-state index is 0.466. The van der Waals surface area contributed by atoms with Gasteiger partial charge >= 0.3 is 0 Å². The number of rotatable bonds is 2. The van der Waals surface area contributed by atoms with Gasteiger partial charge in [0.2, 0.25) is 0 Å². The molecular formula is C11H11NO. The molecule has 0 bridgehead atoms. The zero-order chi connectivity index (χ0) is 8.67. The van der Waals surface area contributed by atoms with Crippen molar-refractivity contribution in [2.75, 3.05) is 0 Å². The first kappa shape index (κ1) is 7.01. The summed E-state index contributed by atoms with van der Waals surface area (Å²) in [4.78, 5) is 3.24. The van der Waals surface area contributed by atoms with Crippen LogP contribution in [0, 0.1) is 0 Å². The number of H-pyrrole nitrogens is 1. The Morgan fingerprint density at radius 2 is 2.08 bits per heavy atom.